The largest absolute Gasteiger partial charge is 0.452 e. The molecule has 1 saturated carbocycles. The number of anilines is 1. The van der Waals surface area contributed by atoms with Crippen molar-refractivity contribution in [2.24, 2.45) is 5.92 Å². The van der Waals surface area contributed by atoms with E-state index in [4.69, 9.17) is 4.74 Å². The molecule has 9 nitrogen and oxygen atoms in total. The zero-order valence-electron chi connectivity index (χ0n) is 17.1. The van der Waals surface area contributed by atoms with Crippen LogP contribution in [-0.2, 0) is 9.53 Å². The third-order valence-electron chi connectivity index (χ3n) is 5.71. The molecule has 1 amide bonds. The third kappa shape index (κ3) is 5.06. The Hall–Kier alpha value is -3.15. The number of nitro benzene ring substituents is 1. The molecule has 1 aromatic rings. The van der Waals surface area contributed by atoms with Gasteiger partial charge in [0.25, 0.3) is 11.6 Å². The number of nitrogens with one attached hydrogen (secondary N) is 1. The number of nitrogens with zero attached hydrogens (tertiary/aromatic N) is 3. The first-order chi connectivity index (χ1) is 14.3. The van der Waals surface area contributed by atoms with Crippen molar-refractivity contribution >= 4 is 23.3 Å². The quantitative estimate of drug-likeness (QED) is 0.413. The van der Waals surface area contributed by atoms with Gasteiger partial charge in [-0.25, -0.2) is 4.79 Å². The van der Waals surface area contributed by atoms with Gasteiger partial charge in [-0.05, 0) is 50.7 Å². The van der Waals surface area contributed by atoms with Crippen LogP contribution < -0.4 is 10.2 Å². The van der Waals surface area contributed by atoms with Crippen LogP contribution in [0.15, 0.2) is 18.2 Å². The number of benzene rings is 1. The van der Waals surface area contributed by atoms with Crippen molar-refractivity contribution in [1.82, 2.24) is 5.32 Å². The molecule has 1 N–H and O–H groups in total. The standard InChI is InChI=1S/C21H26N4O5/c1-21(14-22,16-7-8-16)23-19(26)13-30-20(27)15-6-9-17(18(12-15)25(28)29)24-10-4-2-3-5-11-24/h6,9,12,16H,2-5,7-8,10-11,13H2,1H3,(H,23,26)/t21-/m0/s1. The van der Waals surface area contributed by atoms with E-state index in [1.807, 2.05) is 4.90 Å². The van der Waals surface area contributed by atoms with E-state index in [1.54, 1.807) is 13.0 Å². The number of rotatable bonds is 7. The Morgan fingerprint density at radius 3 is 2.53 bits per heavy atom. The van der Waals surface area contributed by atoms with Gasteiger partial charge in [0.15, 0.2) is 6.61 Å². The topological polar surface area (TPSA) is 126 Å². The van der Waals surface area contributed by atoms with Gasteiger partial charge in [0, 0.05) is 19.2 Å². The summed E-state index contributed by atoms with van der Waals surface area (Å²) in [5, 5.41) is 23.5. The molecule has 9 heteroatoms. The molecule has 0 radical (unpaired) electrons. The first-order valence-electron chi connectivity index (χ1n) is 10.3. The van der Waals surface area contributed by atoms with Gasteiger partial charge >= 0.3 is 5.97 Å². The van der Waals surface area contributed by atoms with Gasteiger partial charge < -0.3 is 15.0 Å². The van der Waals surface area contributed by atoms with Gasteiger partial charge in [-0.1, -0.05) is 12.8 Å². The van der Waals surface area contributed by atoms with Gasteiger partial charge in [-0.15, -0.1) is 0 Å². The molecule has 1 atom stereocenters. The minimum Gasteiger partial charge on any atom is -0.452 e. The van der Waals surface area contributed by atoms with Gasteiger partial charge in [0.05, 0.1) is 16.6 Å². The Kier molecular flexibility index (Phi) is 6.55. The van der Waals surface area contributed by atoms with Gasteiger partial charge in [-0.2, -0.15) is 5.26 Å². The van der Waals surface area contributed by atoms with Crippen molar-refractivity contribution in [2.75, 3.05) is 24.6 Å². The molecule has 1 aliphatic heterocycles. The molecular weight excluding hydrogens is 388 g/mol. The van der Waals surface area contributed by atoms with Gasteiger partial charge in [0.2, 0.25) is 0 Å². The van der Waals surface area contributed by atoms with Crippen LogP contribution in [0, 0.1) is 27.4 Å². The van der Waals surface area contributed by atoms with Crippen LogP contribution in [0.4, 0.5) is 11.4 Å². The molecule has 2 aliphatic rings. The van der Waals surface area contributed by atoms with Crippen molar-refractivity contribution in [3.63, 3.8) is 0 Å². The molecule has 1 aromatic carbocycles. The number of nitriles is 1. The maximum Gasteiger partial charge on any atom is 0.338 e. The number of hydrogen-bond acceptors (Lipinski definition) is 7. The minimum atomic E-state index is -0.975. The van der Waals surface area contributed by atoms with Gasteiger partial charge in [-0.3, -0.25) is 14.9 Å². The molecule has 1 heterocycles. The Labute approximate surface area is 175 Å². The van der Waals surface area contributed by atoms with E-state index in [-0.39, 0.29) is 17.2 Å². The second-order valence-corrected chi connectivity index (χ2v) is 8.07. The molecule has 1 saturated heterocycles. The fourth-order valence-electron chi connectivity index (χ4n) is 3.80. The van der Waals surface area contributed by atoms with Crippen molar-refractivity contribution in [2.45, 2.75) is 51.0 Å². The number of ether oxygens (including phenoxy) is 1. The van der Waals surface area contributed by atoms with Crippen molar-refractivity contribution in [1.29, 1.82) is 5.26 Å². The van der Waals surface area contributed by atoms with E-state index in [1.165, 1.54) is 12.1 Å². The Bertz CT molecular complexity index is 869. The Morgan fingerprint density at radius 1 is 1.30 bits per heavy atom. The zero-order valence-corrected chi connectivity index (χ0v) is 17.1. The molecule has 30 heavy (non-hydrogen) atoms. The molecule has 160 valence electrons. The second kappa shape index (κ2) is 9.11. The first-order valence-corrected chi connectivity index (χ1v) is 10.3. The SMILES string of the molecule is C[C@@](C#N)(NC(=O)COC(=O)c1ccc(N2CCCCCC2)c([N+](=O)[O-])c1)C1CC1. The highest BCUT2D eigenvalue weighted by atomic mass is 16.6. The lowest BCUT2D eigenvalue weighted by Crippen LogP contribution is -2.48. The summed E-state index contributed by atoms with van der Waals surface area (Å²) in [6.45, 7) is 2.58. The summed E-state index contributed by atoms with van der Waals surface area (Å²) >= 11 is 0. The molecule has 0 spiro atoms. The maximum atomic E-state index is 12.3. The minimum absolute atomic E-state index is 0.0123. The molecule has 0 bridgehead atoms. The maximum absolute atomic E-state index is 12.3. The number of carbonyl (C=O) groups is 2. The summed E-state index contributed by atoms with van der Waals surface area (Å²) in [6.07, 6.45) is 5.89. The van der Waals surface area contributed by atoms with Crippen LogP contribution in [-0.4, -0.2) is 42.0 Å². The van der Waals surface area contributed by atoms with Crippen LogP contribution in [0.2, 0.25) is 0 Å². The fraction of sp³-hybridized carbons (Fsp3) is 0.571. The Balaban J connectivity index is 1.65. The highest BCUT2D eigenvalue weighted by molar-refractivity contribution is 5.93. The number of nitro groups is 1. The van der Waals surface area contributed by atoms with E-state index in [0.29, 0.717) is 5.69 Å². The van der Waals surface area contributed by atoms with Crippen LogP contribution in [0.3, 0.4) is 0 Å². The van der Waals surface area contributed by atoms with Crippen LogP contribution in [0.25, 0.3) is 0 Å². The number of carbonyl (C=O) groups excluding carboxylic acids is 2. The zero-order chi connectivity index (χ0) is 21.7. The van der Waals surface area contributed by atoms with E-state index in [9.17, 15) is 25.0 Å². The smallest absolute Gasteiger partial charge is 0.338 e. The van der Waals surface area contributed by atoms with Crippen molar-refractivity contribution in [3.05, 3.63) is 33.9 Å². The van der Waals surface area contributed by atoms with E-state index in [0.717, 1.165) is 51.6 Å². The highest BCUT2D eigenvalue weighted by Crippen LogP contribution is 2.39. The van der Waals surface area contributed by atoms with Crippen molar-refractivity contribution in [3.8, 4) is 6.07 Å². The van der Waals surface area contributed by atoms with Crippen LogP contribution in [0.5, 0.6) is 0 Å². The molecule has 0 aromatic heterocycles. The van der Waals surface area contributed by atoms with E-state index in [2.05, 4.69) is 11.4 Å². The third-order valence-corrected chi connectivity index (χ3v) is 5.71. The average molecular weight is 414 g/mol. The Morgan fingerprint density at radius 2 is 1.97 bits per heavy atom. The summed E-state index contributed by atoms with van der Waals surface area (Å²) in [7, 11) is 0. The normalized spacial score (nSPS) is 18.5. The predicted molar refractivity (Wildman–Crippen MR) is 109 cm³/mol. The first kappa shape index (κ1) is 21.6. The average Bonchev–Trinajstić information content (AvgIpc) is 3.59. The van der Waals surface area contributed by atoms with Crippen molar-refractivity contribution < 1.29 is 19.2 Å². The summed E-state index contributed by atoms with van der Waals surface area (Å²) < 4.78 is 5.02. The lowest BCUT2D eigenvalue weighted by molar-refractivity contribution is -0.384. The molecule has 0 unspecified atom stereocenters. The van der Waals surface area contributed by atoms with E-state index >= 15 is 0 Å². The number of amides is 1. The molecular formula is C21H26N4O5. The molecule has 3 rings (SSSR count). The monoisotopic (exact) mass is 414 g/mol. The summed E-state index contributed by atoms with van der Waals surface area (Å²) in [4.78, 5) is 37.5. The highest BCUT2D eigenvalue weighted by Gasteiger charge is 2.43. The van der Waals surface area contributed by atoms with Crippen LogP contribution >= 0.6 is 0 Å². The number of esters is 1. The summed E-state index contributed by atoms with van der Waals surface area (Å²) in [5.41, 5.74) is -0.623. The summed E-state index contributed by atoms with van der Waals surface area (Å²) in [5.74, 6) is -1.29. The fourth-order valence-corrected chi connectivity index (χ4v) is 3.80. The second-order valence-electron chi connectivity index (χ2n) is 8.07. The molecule has 2 fully saturated rings. The lowest BCUT2D eigenvalue weighted by Gasteiger charge is -2.23. The lowest BCUT2D eigenvalue weighted by atomic mass is 9.98. The van der Waals surface area contributed by atoms with E-state index < -0.39 is 28.9 Å². The summed E-state index contributed by atoms with van der Waals surface area (Å²) in [6, 6.07) is 6.35. The van der Waals surface area contributed by atoms with Gasteiger partial charge in [0.1, 0.15) is 11.2 Å². The molecule has 1 aliphatic carbocycles. The van der Waals surface area contributed by atoms with Crippen LogP contribution in [0.1, 0.15) is 55.8 Å². The predicted octanol–water partition coefficient (Wildman–Crippen LogP) is 2.94. The number of hydrogen-bond donors (Lipinski definition) is 1.